The van der Waals surface area contributed by atoms with Crippen molar-refractivity contribution in [2.24, 2.45) is 0 Å². The summed E-state index contributed by atoms with van der Waals surface area (Å²) in [4.78, 5) is 10.7. The predicted molar refractivity (Wildman–Crippen MR) is 37.9 cm³/mol. The Morgan fingerprint density at radius 2 is 2.33 bits per heavy atom. The van der Waals surface area contributed by atoms with E-state index >= 15 is 0 Å². The summed E-state index contributed by atoms with van der Waals surface area (Å²) in [5, 5.41) is 2.76. The van der Waals surface area contributed by atoms with Crippen molar-refractivity contribution in [2.75, 3.05) is 6.54 Å². The molecule has 0 aromatic heterocycles. The third-order valence-corrected chi connectivity index (χ3v) is 0.962. The van der Waals surface area contributed by atoms with Gasteiger partial charge >= 0.3 is 0 Å². The predicted octanol–water partition coefficient (Wildman–Crippen LogP) is 1.13. The fraction of sp³-hybridized carbons (Fsp3) is 0.714. The van der Waals surface area contributed by atoms with E-state index in [0.29, 0.717) is 6.42 Å². The van der Waals surface area contributed by atoms with Gasteiger partial charge in [-0.05, 0) is 12.8 Å². The molecule has 1 amide bonds. The summed E-state index contributed by atoms with van der Waals surface area (Å²) in [6.07, 6.45) is 3.40. The second-order valence-electron chi connectivity index (χ2n) is 1.96. The zero-order valence-corrected chi connectivity index (χ0v) is 6.11. The Hall–Kier alpha value is -0.530. The molecule has 0 aromatic rings. The van der Waals surface area contributed by atoms with E-state index in [-0.39, 0.29) is 5.91 Å². The molecule has 0 aliphatic heterocycles. The van der Waals surface area contributed by atoms with Gasteiger partial charge in [-0.25, -0.2) is 0 Å². The molecule has 0 unspecified atom stereocenters. The SMILES string of the molecule is C[CH]CC(=O)NCCC. The van der Waals surface area contributed by atoms with Crippen LogP contribution in [0.25, 0.3) is 0 Å². The lowest BCUT2D eigenvalue weighted by molar-refractivity contribution is -0.120. The minimum Gasteiger partial charge on any atom is -0.356 e. The van der Waals surface area contributed by atoms with E-state index in [4.69, 9.17) is 0 Å². The first-order valence-corrected chi connectivity index (χ1v) is 3.35. The Balaban J connectivity index is 3.06. The van der Waals surface area contributed by atoms with Crippen LogP contribution in [0.4, 0.5) is 0 Å². The lowest BCUT2D eigenvalue weighted by Gasteiger charge is -1.99. The van der Waals surface area contributed by atoms with Crippen molar-refractivity contribution in [1.82, 2.24) is 5.32 Å². The summed E-state index contributed by atoms with van der Waals surface area (Å²) in [5.74, 6) is 0.124. The normalized spacial score (nSPS) is 9.11. The molecule has 0 atom stereocenters. The molecule has 0 spiro atoms. The molecule has 0 aliphatic carbocycles. The van der Waals surface area contributed by atoms with Gasteiger partial charge in [0.05, 0.1) is 0 Å². The van der Waals surface area contributed by atoms with Gasteiger partial charge in [0.15, 0.2) is 0 Å². The smallest absolute Gasteiger partial charge is 0.220 e. The van der Waals surface area contributed by atoms with E-state index in [1.165, 1.54) is 0 Å². The molecule has 0 bridgehead atoms. The minimum absolute atomic E-state index is 0.124. The van der Waals surface area contributed by atoms with Gasteiger partial charge in [0.25, 0.3) is 0 Å². The largest absolute Gasteiger partial charge is 0.356 e. The second kappa shape index (κ2) is 5.60. The van der Waals surface area contributed by atoms with Gasteiger partial charge in [-0.3, -0.25) is 4.79 Å². The quantitative estimate of drug-likeness (QED) is 0.604. The molecule has 0 rings (SSSR count). The molecule has 0 aromatic carbocycles. The monoisotopic (exact) mass is 128 g/mol. The molecule has 1 N–H and O–H groups in total. The summed E-state index contributed by atoms with van der Waals surface area (Å²) in [6.45, 7) is 4.72. The van der Waals surface area contributed by atoms with Crippen molar-refractivity contribution in [1.29, 1.82) is 0 Å². The average Bonchev–Trinajstić information content (AvgIpc) is 1.85. The molecule has 0 saturated carbocycles. The number of amides is 1. The Morgan fingerprint density at radius 1 is 1.67 bits per heavy atom. The zero-order chi connectivity index (χ0) is 7.11. The first kappa shape index (κ1) is 8.47. The number of nitrogens with one attached hydrogen (secondary N) is 1. The number of carbonyl (C=O) groups is 1. The Labute approximate surface area is 56.6 Å². The summed E-state index contributed by atoms with van der Waals surface area (Å²) >= 11 is 0. The van der Waals surface area contributed by atoms with Crippen LogP contribution >= 0.6 is 0 Å². The van der Waals surface area contributed by atoms with Crippen LogP contribution in [0.2, 0.25) is 0 Å². The molecule has 2 heteroatoms. The highest BCUT2D eigenvalue weighted by Gasteiger charge is 1.94. The van der Waals surface area contributed by atoms with Gasteiger partial charge in [-0.1, -0.05) is 13.8 Å². The molecule has 0 fully saturated rings. The fourth-order valence-electron chi connectivity index (χ4n) is 0.522. The number of carbonyl (C=O) groups excluding carboxylic acids is 1. The molecular weight excluding hydrogens is 114 g/mol. The molecular formula is C7H14NO. The van der Waals surface area contributed by atoms with Crippen LogP contribution < -0.4 is 5.32 Å². The van der Waals surface area contributed by atoms with Crippen LogP contribution in [0.5, 0.6) is 0 Å². The van der Waals surface area contributed by atoms with E-state index in [0.717, 1.165) is 13.0 Å². The van der Waals surface area contributed by atoms with Crippen molar-refractivity contribution in [2.45, 2.75) is 26.7 Å². The zero-order valence-electron chi connectivity index (χ0n) is 6.11. The van der Waals surface area contributed by atoms with Crippen LogP contribution in [0.1, 0.15) is 26.7 Å². The maximum absolute atomic E-state index is 10.7. The van der Waals surface area contributed by atoms with Gasteiger partial charge < -0.3 is 5.32 Å². The summed E-state index contributed by atoms with van der Waals surface area (Å²) in [6, 6.07) is 0. The third kappa shape index (κ3) is 5.34. The lowest BCUT2D eigenvalue weighted by Crippen LogP contribution is -2.23. The number of hydrogen-bond acceptors (Lipinski definition) is 1. The molecule has 0 saturated heterocycles. The molecule has 2 nitrogen and oxygen atoms in total. The van der Waals surface area contributed by atoms with Crippen molar-refractivity contribution in [3.8, 4) is 0 Å². The molecule has 53 valence electrons. The Morgan fingerprint density at radius 3 is 2.78 bits per heavy atom. The second-order valence-corrected chi connectivity index (χ2v) is 1.96. The Kier molecular flexibility index (Phi) is 5.27. The van der Waals surface area contributed by atoms with Crippen molar-refractivity contribution >= 4 is 5.91 Å². The van der Waals surface area contributed by atoms with E-state index in [9.17, 15) is 4.79 Å². The van der Waals surface area contributed by atoms with Crippen LogP contribution in [0.15, 0.2) is 0 Å². The first-order valence-electron chi connectivity index (χ1n) is 3.35. The molecule has 0 aliphatic rings. The van der Waals surface area contributed by atoms with Gasteiger partial charge in [-0.15, -0.1) is 0 Å². The van der Waals surface area contributed by atoms with Crippen LogP contribution in [-0.2, 0) is 4.79 Å². The van der Waals surface area contributed by atoms with Gasteiger partial charge in [0.2, 0.25) is 5.91 Å². The van der Waals surface area contributed by atoms with Gasteiger partial charge in [0.1, 0.15) is 0 Å². The van der Waals surface area contributed by atoms with Gasteiger partial charge in [-0.2, -0.15) is 0 Å². The van der Waals surface area contributed by atoms with E-state index in [1.807, 2.05) is 20.3 Å². The van der Waals surface area contributed by atoms with Crippen molar-refractivity contribution < 1.29 is 4.79 Å². The van der Waals surface area contributed by atoms with E-state index in [1.54, 1.807) is 0 Å². The van der Waals surface area contributed by atoms with Gasteiger partial charge in [0, 0.05) is 13.0 Å². The minimum atomic E-state index is 0.124. The van der Waals surface area contributed by atoms with E-state index in [2.05, 4.69) is 5.32 Å². The maximum atomic E-state index is 10.7. The maximum Gasteiger partial charge on any atom is 0.220 e. The van der Waals surface area contributed by atoms with Crippen molar-refractivity contribution in [3.05, 3.63) is 6.42 Å². The van der Waals surface area contributed by atoms with Crippen LogP contribution in [0, 0.1) is 6.42 Å². The number of rotatable bonds is 4. The Bertz CT molecular complexity index is 81.0. The average molecular weight is 128 g/mol. The lowest BCUT2D eigenvalue weighted by atomic mass is 10.3. The highest BCUT2D eigenvalue weighted by Crippen LogP contribution is 1.83. The fourth-order valence-corrected chi connectivity index (χ4v) is 0.522. The van der Waals surface area contributed by atoms with Crippen LogP contribution in [0.3, 0.4) is 0 Å². The highest BCUT2D eigenvalue weighted by atomic mass is 16.1. The number of hydrogen-bond donors (Lipinski definition) is 1. The molecule has 0 heterocycles. The highest BCUT2D eigenvalue weighted by molar-refractivity contribution is 5.76. The van der Waals surface area contributed by atoms with E-state index < -0.39 is 0 Å². The first-order chi connectivity index (χ1) is 4.31. The summed E-state index contributed by atoms with van der Waals surface area (Å²) < 4.78 is 0. The summed E-state index contributed by atoms with van der Waals surface area (Å²) in [7, 11) is 0. The van der Waals surface area contributed by atoms with Crippen molar-refractivity contribution in [3.63, 3.8) is 0 Å². The standard InChI is InChI=1S/C7H14NO/c1-3-5-7(9)8-6-4-2/h3H,4-6H2,1-2H3,(H,8,9). The summed E-state index contributed by atoms with van der Waals surface area (Å²) in [5.41, 5.74) is 0. The molecule has 9 heavy (non-hydrogen) atoms. The van der Waals surface area contributed by atoms with Crippen LogP contribution in [-0.4, -0.2) is 12.5 Å². The topological polar surface area (TPSA) is 29.1 Å². The molecule has 1 radical (unpaired) electrons. The third-order valence-electron chi connectivity index (χ3n) is 0.962.